The van der Waals surface area contributed by atoms with E-state index < -0.39 is 5.54 Å². The lowest BCUT2D eigenvalue weighted by molar-refractivity contribution is -0.132. The summed E-state index contributed by atoms with van der Waals surface area (Å²) in [5, 5.41) is 11.7. The van der Waals surface area contributed by atoms with E-state index in [0.717, 1.165) is 36.6 Å². The van der Waals surface area contributed by atoms with Gasteiger partial charge in [0.05, 0.1) is 12.2 Å². The van der Waals surface area contributed by atoms with Crippen molar-refractivity contribution in [2.75, 3.05) is 13.1 Å². The monoisotopic (exact) mass is 347 g/mol. The van der Waals surface area contributed by atoms with Crippen LogP contribution in [0.4, 0.5) is 0 Å². The Morgan fingerprint density at radius 2 is 2.21 bits per heavy atom. The zero-order valence-corrected chi connectivity index (χ0v) is 15.3. The quantitative estimate of drug-likeness (QED) is 0.869. The van der Waals surface area contributed by atoms with E-state index >= 15 is 0 Å². The van der Waals surface area contributed by atoms with Gasteiger partial charge >= 0.3 is 0 Å². The Bertz CT molecular complexity index is 686. The summed E-state index contributed by atoms with van der Waals surface area (Å²) in [6.45, 7) is 8.50. The van der Waals surface area contributed by atoms with Gasteiger partial charge < -0.3 is 10.6 Å². The number of thiazole rings is 1. The highest BCUT2D eigenvalue weighted by atomic mass is 32.1. The summed E-state index contributed by atoms with van der Waals surface area (Å²) in [4.78, 5) is 18.9. The number of carbonyl (C=O) groups is 1. The maximum Gasteiger partial charge on any atom is 0.248 e. The second kappa shape index (κ2) is 7.03. The topological polar surface area (TPSA) is 71.8 Å². The number of piperidine rings is 1. The van der Waals surface area contributed by atoms with Crippen molar-refractivity contribution in [3.05, 3.63) is 34.0 Å². The molecule has 0 bridgehead atoms. The summed E-state index contributed by atoms with van der Waals surface area (Å²) < 4.78 is 1.82. The molecule has 1 saturated heterocycles. The molecule has 0 aliphatic carbocycles. The molecule has 0 unspecified atom stereocenters. The minimum absolute atomic E-state index is 0.0339. The summed E-state index contributed by atoms with van der Waals surface area (Å²) in [5.41, 5.74) is 0.537. The lowest BCUT2D eigenvalue weighted by Gasteiger charge is -2.36. The van der Waals surface area contributed by atoms with Gasteiger partial charge in [-0.2, -0.15) is 5.10 Å². The second-order valence-corrected chi connectivity index (χ2v) is 7.91. The van der Waals surface area contributed by atoms with Gasteiger partial charge in [0.2, 0.25) is 5.91 Å². The third-order valence-electron chi connectivity index (χ3n) is 4.62. The molecule has 0 atom stereocenters. The third-order valence-corrected chi connectivity index (χ3v) is 5.61. The summed E-state index contributed by atoms with van der Waals surface area (Å²) in [5.74, 6) is 0.442. The van der Waals surface area contributed by atoms with E-state index in [-0.39, 0.29) is 5.91 Å². The first kappa shape index (κ1) is 17.1. The molecule has 6 nitrogen and oxygen atoms in total. The van der Waals surface area contributed by atoms with Gasteiger partial charge in [0.25, 0.3) is 0 Å². The van der Waals surface area contributed by atoms with Crippen molar-refractivity contribution in [2.45, 2.75) is 51.6 Å². The summed E-state index contributed by atoms with van der Waals surface area (Å²) >= 11 is 1.67. The lowest BCUT2D eigenvalue weighted by atomic mass is 9.87. The number of aromatic nitrogens is 3. The molecular formula is C17H25N5OS. The van der Waals surface area contributed by atoms with Crippen molar-refractivity contribution in [2.24, 2.45) is 0 Å². The normalized spacial score (nSPS) is 17.2. The molecule has 7 heteroatoms. The van der Waals surface area contributed by atoms with Crippen LogP contribution in [0.15, 0.2) is 18.5 Å². The van der Waals surface area contributed by atoms with E-state index in [1.54, 1.807) is 17.5 Å². The molecule has 0 radical (unpaired) electrons. The first-order valence-electron chi connectivity index (χ1n) is 8.48. The minimum Gasteiger partial charge on any atom is -0.347 e. The number of hydrogen-bond acceptors (Lipinski definition) is 5. The maximum absolute atomic E-state index is 13.0. The van der Waals surface area contributed by atoms with Crippen LogP contribution in [0.1, 0.15) is 48.2 Å². The van der Waals surface area contributed by atoms with Gasteiger partial charge in [-0.3, -0.25) is 9.48 Å². The average Bonchev–Trinajstić information content (AvgIpc) is 3.23. The van der Waals surface area contributed by atoms with Crippen molar-refractivity contribution >= 4 is 17.2 Å². The average molecular weight is 347 g/mol. The fourth-order valence-corrected chi connectivity index (χ4v) is 4.35. The van der Waals surface area contributed by atoms with Crippen LogP contribution >= 0.6 is 11.3 Å². The Morgan fingerprint density at radius 1 is 1.46 bits per heavy atom. The molecule has 0 spiro atoms. The largest absolute Gasteiger partial charge is 0.347 e. The molecule has 1 fully saturated rings. The van der Waals surface area contributed by atoms with E-state index in [1.165, 1.54) is 4.88 Å². The summed E-state index contributed by atoms with van der Waals surface area (Å²) in [6.07, 6.45) is 5.11. The fourth-order valence-electron chi connectivity index (χ4n) is 3.32. The Morgan fingerprint density at radius 3 is 2.79 bits per heavy atom. The van der Waals surface area contributed by atoms with Gasteiger partial charge in [0, 0.05) is 17.3 Å². The predicted octanol–water partition coefficient (Wildman–Crippen LogP) is 2.17. The van der Waals surface area contributed by atoms with E-state index in [9.17, 15) is 4.79 Å². The van der Waals surface area contributed by atoms with Crippen LogP contribution in [-0.4, -0.2) is 33.8 Å². The van der Waals surface area contributed by atoms with Gasteiger partial charge in [0.15, 0.2) is 0 Å². The number of carbonyl (C=O) groups excluding carboxylic acids is 1. The first-order valence-corrected chi connectivity index (χ1v) is 9.30. The molecular weight excluding hydrogens is 322 g/mol. The highest BCUT2D eigenvalue weighted by Crippen LogP contribution is 2.28. The van der Waals surface area contributed by atoms with E-state index in [2.05, 4.69) is 41.5 Å². The minimum atomic E-state index is -0.595. The number of nitrogens with one attached hydrogen (secondary N) is 2. The molecule has 1 aliphatic rings. The molecule has 3 heterocycles. The van der Waals surface area contributed by atoms with Crippen LogP contribution < -0.4 is 10.6 Å². The molecule has 24 heavy (non-hydrogen) atoms. The van der Waals surface area contributed by atoms with Crippen molar-refractivity contribution in [1.82, 2.24) is 25.4 Å². The second-order valence-electron chi connectivity index (χ2n) is 6.62. The molecule has 1 amide bonds. The highest BCUT2D eigenvalue weighted by Gasteiger charge is 2.41. The Hall–Kier alpha value is -1.73. The van der Waals surface area contributed by atoms with E-state index in [1.807, 2.05) is 16.9 Å². The Kier molecular flexibility index (Phi) is 5.01. The van der Waals surface area contributed by atoms with E-state index in [4.69, 9.17) is 0 Å². The van der Waals surface area contributed by atoms with Gasteiger partial charge in [0.1, 0.15) is 10.5 Å². The van der Waals surface area contributed by atoms with Gasteiger partial charge in [-0.25, -0.2) is 4.98 Å². The Labute approximate surface area is 146 Å². The van der Waals surface area contributed by atoms with Crippen molar-refractivity contribution in [3.8, 4) is 0 Å². The number of nitrogens with zero attached hydrogens (tertiary/aromatic N) is 3. The lowest BCUT2D eigenvalue weighted by Crippen LogP contribution is -2.54. The van der Waals surface area contributed by atoms with Crippen molar-refractivity contribution < 1.29 is 4.79 Å². The van der Waals surface area contributed by atoms with Crippen LogP contribution in [0.3, 0.4) is 0 Å². The van der Waals surface area contributed by atoms with Crippen molar-refractivity contribution in [3.63, 3.8) is 0 Å². The smallest absolute Gasteiger partial charge is 0.248 e. The first-order chi connectivity index (χ1) is 11.5. The van der Waals surface area contributed by atoms with Crippen molar-refractivity contribution in [1.29, 1.82) is 0 Å². The number of aryl methyl sites for hydroxylation is 1. The van der Waals surface area contributed by atoms with Gasteiger partial charge in [-0.05, 0) is 44.8 Å². The molecule has 2 N–H and O–H groups in total. The zero-order valence-electron chi connectivity index (χ0n) is 14.5. The number of hydrogen-bond donors (Lipinski definition) is 2. The van der Waals surface area contributed by atoms with Gasteiger partial charge in [-0.15, -0.1) is 11.3 Å². The molecule has 0 aromatic carbocycles. The molecule has 2 aromatic rings. The molecule has 2 aromatic heterocycles. The van der Waals surface area contributed by atoms with Crippen LogP contribution in [0.5, 0.6) is 0 Å². The van der Waals surface area contributed by atoms with E-state index in [0.29, 0.717) is 12.5 Å². The predicted molar refractivity (Wildman–Crippen MR) is 95.1 cm³/mol. The Balaban J connectivity index is 1.74. The molecule has 130 valence electrons. The number of amides is 1. The third kappa shape index (κ3) is 3.23. The molecule has 3 rings (SSSR count). The highest BCUT2D eigenvalue weighted by molar-refractivity contribution is 7.11. The summed E-state index contributed by atoms with van der Waals surface area (Å²) in [6, 6.07) is 1.87. The SMILES string of the molecule is Cc1sc(CNC(=O)C2(n3cccn3)CCNCC2)nc1C(C)C. The van der Waals surface area contributed by atoms with Crippen LogP contribution in [0.25, 0.3) is 0 Å². The number of rotatable bonds is 5. The molecule has 0 saturated carbocycles. The molecule has 1 aliphatic heterocycles. The van der Waals surface area contributed by atoms with Gasteiger partial charge in [-0.1, -0.05) is 13.8 Å². The standard InChI is InChI=1S/C17H25N5OS/c1-12(2)15-13(3)24-14(21-15)11-19-16(23)17(5-8-18-9-6-17)22-10-4-7-20-22/h4,7,10,12,18H,5-6,8-9,11H2,1-3H3,(H,19,23). The summed E-state index contributed by atoms with van der Waals surface area (Å²) in [7, 11) is 0. The van der Waals surface area contributed by atoms with Crippen LogP contribution in [-0.2, 0) is 16.9 Å². The fraction of sp³-hybridized carbons (Fsp3) is 0.588. The zero-order chi connectivity index (χ0) is 17.2. The van der Waals surface area contributed by atoms with Crippen LogP contribution in [0, 0.1) is 6.92 Å². The maximum atomic E-state index is 13.0. The van der Waals surface area contributed by atoms with Crippen LogP contribution in [0.2, 0.25) is 0 Å².